The van der Waals surface area contributed by atoms with Crippen molar-refractivity contribution in [3.05, 3.63) is 35.6 Å². The fourth-order valence-corrected chi connectivity index (χ4v) is 3.18. The second-order valence-corrected chi connectivity index (χ2v) is 5.83. The molecule has 5 heteroatoms. The highest BCUT2D eigenvalue weighted by molar-refractivity contribution is 7.99. The lowest BCUT2D eigenvalue weighted by molar-refractivity contribution is -0.123. The zero-order valence-electron chi connectivity index (χ0n) is 11.0. The van der Waals surface area contributed by atoms with Crippen LogP contribution in [0.25, 0.3) is 0 Å². The van der Waals surface area contributed by atoms with E-state index in [2.05, 4.69) is 17.6 Å². The first-order valence-electron chi connectivity index (χ1n) is 6.59. The maximum Gasteiger partial charge on any atom is 0.223 e. The number of hydrogen-bond acceptors (Lipinski definition) is 3. The van der Waals surface area contributed by atoms with E-state index in [0.29, 0.717) is 6.42 Å². The predicted molar refractivity (Wildman–Crippen MR) is 76.1 cm³/mol. The molecule has 0 aliphatic carbocycles. The van der Waals surface area contributed by atoms with Crippen molar-refractivity contribution >= 4 is 17.7 Å². The molecule has 1 aromatic rings. The number of halogens is 1. The molecule has 0 saturated carbocycles. The molecule has 1 aromatic carbocycles. The Morgan fingerprint density at radius 2 is 2.11 bits per heavy atom. The number of hydrogen-bond donors (Lipinski definition) is 2. The summed E-state index contributed by atoms with van der Waals surface area (Å²) < 4.78 is 12.8. The Morgan fingerprint density at radius 3 is 2.79 bits per heavy atom. The third kappa shape index (κ3) is 4.51. The van der Waals surface area contributed by atoms with E-state index in [1.54, 1.807) is 23.9 Å². The SMILES string of the molecule is CCCC1CC(=O)NC(SCc2ccc(F)cc2)N1. The summed E-state index contributed by atoms with van der Waals surface area (Å²) >= 11 is 1.62. The fraction of sp³-hybridized carbons (Fsp3) is 0.500. The van der Waals surface area contributed by atoms with Crippen molar-refractivity contribution in [1.82, 2.24) is 10.6 Å². The minimum absolute atomic E-state index is 0.0529. The highest BCUT2D eigenvalue weighted by atomic mass is 32.2. The first kappa shape index (κ1) is 14.3. The minimum Gasteiger partial charge on any atom is -0.332 e. The second kappa shape index (κ2) is 6.91. The van der Waals surface area contributed by atoms with Gasteiger partial charge in [-0.3, -0.25) is 10.1 Å². The van der Waals surface area contributed by atoms with Gasteiger partial charge in [-0.05, 0) is 24.1 Å². The maximum absolute atomic E-state index is 12.8. The van der Waals surface area contributed by atoms with Gasteiger partial charge in [0.15, 0.2) is 0 Å². The van der Waals surface area contributed by atoms with E-state index in [-0.39, 0.29) is 23.3 Å². The summed E-state index contributed by atoms with van der Waals surface area (Å²) in [5.41, 5.74) is 1.00. The van der Waals surface area contributed by atoms with E-state index in [0.717, 1.165) is 24.2 Å². The number of nitrogens with one attached hydrogen (secondary N) is 2. The number of carbonyl (C=O) groups excluding carboxylic acids is 1. The van der Waals surface area contributed by atoms with Crippen LogP contribution >= 0.6 is 11.8 Å². The lowest BCUT2D eigenvalue weighted by Gasteiger charge is -2.31. The van der Waals surface area contributed by atoms with Crippen LogP contribution < -0.4 is 10.6 Å². The molecule has 2 unspecified atom stereocenters. The van der Waals surface area contributed by atoms with Crippen LogP contribution in [0.4, 0.5) is 4.39 Å². The summed E-state index contributed by atoms with van der Waals surface area (Å²) in [6, 6.07) is 6.74. The molecule has 1 heterocycles. The Bertz CT molecular complexity index is 424. The van der Waals surface area contributed by atoms with E-state index in [1.165, 1.54) is 12.1 Å². The summed E-state index contributed by atoms with van der Waals surface area (Å²) in [4.78, 5) is 11.6. The van der Waals surface area contributed by atoms with Gasteiger partial charge >= 0.3 is 0 Å². The summed E-state index contributed by atoms with van der Waals surface area (Å²) in [5, 5.41) is 6.35. The van der Waals surface area contributed by atoms with Crippen LogP contribution in [0.1, 0.15) is 31.7 Å². The molecule has 3 nitrogen and oxygen atoms in total. The van der Waals surface area contributed by atoms with Crippen LogP contribution in [0.5, 0.6) is 0 Å². The molecule has 1 amide bonds. The Balaban J connectivity index is 1.84. The first-order chi connectivity index (χ1) is 9.17. The van der Waals surface area contributed by atoms with Crippen molar-refractivity contribution in [2.24, 2.45) is 0 Å². The van der Waals surface area contributed by atoms with E-state index in [9.17, 15) is 9.18 Å². The molecule has 2 atom stereocenters. The van der Waals surface area contributed by atoms with Crippen LogP contribution in [-0.2, 0) is 10.5 Å². The summed E-state index contributed by atoms with van der Waals surface area (Å²) in [6.45, 7) is 2.12. The van der Waals surface area contributed by atoms with E-state index >= 15 is 0 Å². The standard InChI is InChI=1S/C14H19FN2OS/c1-2-3-12-8-13(18)17-14(16-12)19-9-10-4-6-11(15)7-5-10/h4-7,12,14,16H,2-3,8-9H2,1H3,(H,17,18). The molecule has 0 spiro atoms. The average molecular weight is 282 g/mol. The highest BCUT2D eigenvalue weighted by Gasteiger charge is 2.24. The molecular weight excluding hydrogens is 263 g/mol. The van der Waals surface area contributed by atoms with Crippen molar-refractivity contribution in [3.63, 3.8) is 0 Å². The van der Waals surface area contributed by atoms with E-state index in [1.807, 2.05) is 0 Å². The van der Waals surface area contributed by atoms with Gasteiger partial charge in [0.25, 0.3) is 0 Å². The molecule has 1 saturated heterocycles. The molecule has 2 rings (SSSR count). The minimum atomic E-state index is -0.221. The van der Waals surface area contributed by atoms with E-state index in [4.69, 9.17) is 0 Å². The van der Waals surface area contributed by atoms with Crippen LogP contribution in [0.2, 0.25) is 0 Å². The highest BCUT2D eigenvalue weighted by Crippen LogP contribution is 2.19. The molecule has 1 aliphatic rings. The summed E-state index contributed by atoms with van der Waals surface area (Å²) in [7, 11) is 0. The van der Waals surface area contributed by atoms with Gasteiger partial charge in [-0.2, -0.15) is 0 Å². The largest absolute Gasteiger partial charge is 0.332 e. The maximum atomic E-state index is 12.8. The molecule has 1 fully saturated rings. The van der Waals surface area contributed by atoms with Crippen molar-refractivity contribution in [2.75, 3.05) is 0 Å². The molecule has 0 radical (unpaired) electrons. The van der Waals surface area contributed by atoms with Gasteiger partial charge in [-0.25, -0.2) is 4.39 Å². The van der Waals surface area contributed by atoms with Crippen molar-refractivity contribution in [1.29, 1.82) is 0 Å². The van der Waals surface area contributed by atoms with Crippen molar-refractivity contribution < 1.29 is 9.18 Å². The van der Waals surface area contributed by atoms with Gasteiger partial charge < -0.3 is 5.32 Å². The molecule has 104 valence electrons. The van der Waals surface area contributed by atoms with E-state index < -0.39 is 0 Å². The van der Waals surface area contributed by atoms with Crippen LogP contribution in [0, 0.1) is 5.82 Å². The molecule has 2 N–H and O–H groups in total. The third-order valence-corrected chi connectivity index (χ3v) is 4.17. The molecule has 0 aromatic heterocycles. The zero-order valence-corrected chi connectivity index (χ0v) is 11.8. The van der Waals surface area contributed by atoms with Gasteiger partial charge in [-0.1, -0.05) is 25.5 Å². The summed E-state index contributed by atoms with van der Waals surface area (Å²) in [6.07, 6.45) is 2.64. The van der Waals surface area contributed by atoms with Gasteiger partial charge in [0.2, 0.25) is 5.91 Å². The lowest BCUT2D eigenvalue weighted by Crippen LogP contribution is -2.54. The van der Waals surface area contributed by atoms with Crippen LogP contribution in [0.15, 0.2) is 24.3 Å². The Kier molecular flexibility index (Phi) is 5.22. The topological polar surface area (TPSA) is 41.1 Å². The average Bonchev–Trinajstić information content (AvgIpc) is 2.38. The summed E-state index contributed by atoms with van der Waals surface area (Å²) in [5.74, 6) is 0.631. The number of amides is 1. The normalized spacial score (nSPS) is 23.2. The predicted octanol–water partition coefficient (Wildman–Crippen LogP) is 2.62. The molecule has 19 heavy (non-hydrogen) atoms. The molecule has 0 bridgehead atoms. The molecule has 1 aliphatic heterocycles. The molecular formula is C14H19FN2OS. The van der Waals surface area contributed by atoms with Gasteiger partial charge in [-0.15, -0.1) is 11.8 Å². The van der Waals surface area contributed by atoms with Gasteiger partial charge in [0.05, 0.1) is 0 Å². The van der Waals surface area contributed by atoms with Gasteiger partial charge in [0.1, 0.15) is 11.3 Å². The first-order valence-corrected chi connectivity index (χ1v) is 7.63. The zero-order chi connectivity index (χ0) is 13.7. The monoisotopic (exact) mass is 282 g/mol. The van der Waals surface area contributed by atoms with Crippen molar-refractivity contribution in [3.8, 4) is 0 Å². The Hall–Kier alpha value is -1.07. The second-order valence-electron chi connectivity index (χ2n) is 4.74. The Labute approximate surface area is 117 Å². The van der Waals surface area contributed by atoms with Crippen LogP contribution in [-0.4, -0.2) is 17.4 Å². The Morgan fingerprint density at radius 1 is 1.37 bits per heavy atom. The number of benzene rings is 1. The smallest absolute Gasteiger partial charge is 0.223 e. The fourth-order valence-electron chi connectivity index (χ4n) is 2.13. The number of thioether (sulfide) groups is 1. The van der Waals surface area contributed by atoms with Crippen LogP contribution in [0.3, 0.4) is 0 Å². The van der Waals surface area contributed by atoms with Crippen molar-refractivity contribution in [2.45, 2.75) is 43.5 Å². The third-order valence-electron chi connectivity index (χ3n) is 3.08. The quantitative estimate of drug-likeness (QED) is 0.872. The number of carbonyl (C=O) groups is 1. The number of rotatable bonds is 5. The lowest BCUT2D eigenvalue weighted by atomic mass is 10.1. The van der Waals surface area contributed by atoms with Gasteiger partial charge in [0, 0.05) is 18.2 Å².